The fourth-order valence-electron chi connectivity index (χ4n) is 3.87. The number of amides is 3. The topological polar surface area (TPSA) is 98.7 Å². The number of para-hydroxylation sites is 1. The lowest BCUT2D eigenvalue weighted by Crippen LogP contribution is -2.60. The van der Waals surface area contributed by atoms with Gasteiger partial charge in [0, 0.05) is 22.7 Å². The summed E-state index contributed by atoms with van der Waals surface area (Å²) >= 11 is 6.40. The van der Waals surface area contributed by atoms with Crippen LogP contribution in [0.5, 0.6) is 5.75 Å². The Bertz CT molecular complexity index is 983. The lowest BCUT2D eigenvalue weighted by molar-refractivity contribution is -0.274. The fraction of sp³-hybridized carbons (Fsp3) is 0.300. The van der Waals surface area contributed by atoms with Gasteiger partial charge in [-0.2, -0.15) is 0 Å². The first-order chi connectivity index (χ1) is 14.1. The van der Waals surface area contributed by atoms with Crippen LogP contribution in [-0.4, -0.2) is 29.7 Å². The molecule has 0 aromatic heterocycles. The number of piperidine rings is 1. The molecule has 0 aliphatic carbocycles. The van der Waals surface area contributed by atoms with Gasteiger partial charge in [-0.15, -0.1) is 13.2 Å². The van der Waals surface area contributed by atoms with E-state index in [2.05, 4.69) is 4.74 Å². The van der Waals surface area contributed by atoms with E-state index in [1.54, 1.807) is 6.07 Å². The Hall–Kier alpha value is -2.94. The first-order valence-electron chi connectivity index (χ1n) is 9.08. The Morgan fingerprint density at radius 2 is 1.77 bits per heavy atom. The molecule has 1 aliphatic heterocycles. The van der Waals surface area contributed by atoms with Crippen LogP contribution in [-0.2, 0) is 10.3 Å². The van der Waals surface area contributed by atoms with Crippen molar-refractivity contribution in [3.63, 3.8) is 0 Å². The molecular formula is C20H19ClF3N3O3. The normalized spacial score (nSPS) is 19.4. The van der Waals surface area contributed by atoms with Crippen LogP contribution in [0.3, 0.4) is 0 Å². The van der Waals surface area contributed by atoms with Gasteiger partial charge in [-0.1, -0.05) is 41.9 Å². The molecule has 30 heavy (non-hydrogen) atoms. The second-order valence-corrected chi connectivity index (χ2v) is 7.32. The number of hydrogen-bond acceptors (Lipinski definition) is 3. The number of hydrogen-bond donors (Lipinski definition) is 2. The highest BCUT2D eigenvalue weighted by atomic mass is 35.5. The molecule has 1 saturated heterocycles. The molecule has 10 heteroatoms. The zero-order chi connectivity index (χ0) is 22.1. The van der Waals surface area contributed by atoms with Gasteiger partial charge in [0.1, 0.15) is 11.3 Å². The van der Waals surface area contributed by atoms with Crippen molar-refractivity contribution < 1.29 is 27.5 Å². The number of rotatable bonds is 4. The Kier molecular flexibility index (Phi) is 5.85. The Morgan fingerprint density at radius 1 is 1.07 bits per heavy atom. The van der Waals surface area contributed by atoms with Gasteiger partial charge in [0.25, 0.3) is 0 Å². The monoisotopic (exact) mass is 441 g/mol. The van der Waals surface area contributed by atoms with Crippen LogP contribution in [0.2, 0.25) is 5.02 Å². The van der Waals surface area contributed by atoms with Crippen molar-refractivity contribution >= 4 is 23.5 Å². The molecule has 3 rings (SSSR count). The lowest BCUT2D eigenvalue weighted by atomic mass is 9.79. The van der Waals surface area contributed by atoms with Crippen LogP contribution in [0, 0.1) is 0 Å². The summed E-state index contributed by atoms with van der Waals surface area (Å²) in [5.41, 5.74) is 10.4. The Morgan fingerprint density at radius 3 is 2.37 bits per heavy atom. The van der Waals surface area contributed by atoms with Gasteiger partial charge in [-0.25, -0.2) is 4.79 Å². The molecule has 160 valence electrons. The summed E-state index contributed by atoms with van der Waals surface area (Å²) in [5, 5.41) is 0.0707. The van der Waals surface area contributed by atoms with E-state index in [0.717, 1.165) is 0 Å². The molecule has 0 bridgehead atoms. The highest BCUT2D eigenvalue weighted by Crippen LogP contribution is 2.42. The summed E-state index contributed by atoms with van der Waals surface area (Å²) in [6, 6.07) is 9.17. The number of urea groups is 1. The standard InChI is InChI=1S/C20H19ClF3N3O3/c21-15-11-12(19(17(25)28)9-3-4-10-27(19)18(26)29)7-8-13(15)14-5-1-2-6-16(14)30-20(22,23)24/h1-2,5-8,11H,3-4,9-10H2,(H2,25,28)(H2,26,29). The van der Waals surface area contributed by atoms with Gasteiger partial charge < -0.3 is 21.1 Å². The van der Waals surface area contributed by atoms with Gasteiger partial charge in [-0.3, -0.25) is 4.79 Å². The van der Waals surface area contributed by atoms with Crippen molar-refractivity contribution in [2.24, 2.45) is 11.5 Å². The molecule has 1 fully saturated rings. The van der Waals surface area contributed by atoms with Crippen LogP contribution >= 0.6 is 11.6 Å². The molecule has 0 radical (unpaired) electrons. The summed E-state index contributed by atoms with van der Waals surface area (Å²) in [7, 11) is 0. The summed E-state index contributed by atoms with van der Waals surface area (Å²) in [5.74, 6) is -1.17. The molecule has 4 N–H and O–H groups in total. The first kappa shape index (κ1) is 21.8. The highest BCUT2D eigenvalue weighted by Gasteiger charge is 2.47. The van der Waals surface area contributed by atoms with Gasteiger partial charge in [-0.05, 0) is 37.0 Å². The fourth-order valence-corrected chi connectivity index (χ4v) is 4.15. The largest absolute Gasteiger partial charge is 0.573 e. The molecule has 2 aromatic carbocycles. The van der Waals surface area contributed by atoms with E-state index in [4.69, 9.17) is 23.1 Å². The Balaban J connectivity index is 2.10. The van der Waals surface area contributed by atoms with Crippen LogP contribution in [0.25, 0.3) is 11.1 Å². The quantitative estimate of drug-likeness (QED) is 0.745. The number of halogens is 4. The smallest absolute Gasteiger partial charge is 0.405 e. The molecular weight excluding hydrogens is 423 g/mol. The van der Waals surface area contributed by atoms with E-state index in [9.17, 15) is 22.8 Å². The molecule has 6 nitrogen and oxygen atoms in total. The molecule has 1 unspecified atom stereocenters. The second kappa shape index (κ2) is 8.06. The van der Waals surface area contributed by atoms with Crippen molar-refractivity contribution in [3.05, 3.63) is 53.1 Å². The number of alkyl halides is 3. The van der Waals surface area contributed by atoms with Gasteiger partial charge in [0.05, 0.1) is 0 Å². The predicted octanol–water partition coefficient (Wildman–Crippen LogP) is 4.15. The average Bonchev–Trinajstić information content (AvgIpc) is 2.67. The van der Waals surface area contributed by atoms with E-state index >= 15 is 0 Å². The van der Waals surface area contributed by atoms with E-state index in [1.807, 2.05) is 0 Å². The second-order valence-electron chi connectivity index (χ2n) is 6.91. The van der Waals surface area contributed by atoms with Crippen molar-refractivity contribution in [1.82, 2.24) is 4.90 Å². The maximum Gasteiger partial charge on any atom is 0.573 e. The maximum absolute atomic E-state index is 12.7. The molecule has 0 saturated carbocycles. The third kappa shape index (κ3) is 4.02. The minimum Gasteiger partial charge on any atom is -0.405 e. The summed E-state index contributed by atoms with van der Waals surface area (Å²) in [6.45, 7) is 0.250. The van der Waals surface area contributed by atoms with Crippen molar-refractivity contribution in [2.45, 2.75) is 31.2 Å². The number of benzene rings is 2. The third-order valence-electron chi connectivity index (χ3n) is 5.15. The number of ether oxygens (including phenoxy) is 1. The summed E-state index contributed by atoms with van der Waals surface area (Å²) in [4.78, 5) is 25.6. The molecule has 1 aliphatic rings. The zero-order valence-corrected chi connectivity index (χ0v) is 16.5. The van der Waals surface area contributed by atoms with Gasteiger partial charge in [0.15, 0.2) is 0 Å². The van der Waals surface area contributed by atoms with E-state index in [0.29, 0.717) is 18.4 Å². The number of primary amides is 2. The van der Waals surface area contributed by atoms with E-state index < -0.39 is 29.6 Å². The van der Waals surface area contributed by atoms with Crippen LogP contribution in [0.4, 0.5) is 18.0 Å². The van der Waals surface area contributed by atoms with Crippen molar-refractivity contribution in [2.75, 3.05) is 6.54 Å². The van der Waals surface area contributed by atoms with Crippen molar-refractivity contribution in [3.8, 4) is 16.9 Å². The van der Waals surface area contributed by atoms with E-state index in [-0.39, 0.29) is 29.1 Å². The molecule has 3 amide bonds. The molecule has 1 atom stereocenters. The number of likely N-dealkylation sites (tertiary alicyclic amines) is 1. The minimum atomic E-state index is -4.87. The third-order valence-corrected chi connectivity index (χ3v) is 5.47. The van der Waals surface area contributed by atoms with Crippen LogP contribution < -0.4 is 16.2 Å². The highest BCUT2D eigenvalue weighted by molar-refractivity contribution is 6.33. The number of nitrogens with two attached hydrogens (primary N) is 2. The SMILES string of the molecule is NC(=O)N1CCCCC1(C(N)=O)c1ccc(-c2ccccc2OC(F)(F)F)c(Cl)c1. The average molecular weight is 442 g/mol. The Labute approximate surface area is 175 Å². The summed E-state index contributed by atoms with van der Waals surface area (Å²) in [6.07, 6.45) is -3.32. The van der Waals surface area contributed by atoms with Crippen LogP contribution in [0.1, 0.15) is 24.8 Å². The number of carbonyl (C=O) groups excluding carboxylic acids is 2. The zero-order valence-electron chi connectivity index (χ0n) is 15.7. The van der Waals surface area contributed by atoms with Gasteiger partial charge >= 0.3 is 12.4 Å². The number of nitrogens with zero attached hydrogens (tertiary/aromatic N) is 1. The predicted molar refractivity (Wildman–Crippen MR) is 105 cm³/mol. The molecule has 1 heterocycles. The minimum absolute atomic E-state index is 0.0707. The maximum atomic E-state index is 12.7. The lowest BCUT2D eigenvalue weighted by Gasteiger charge is -2.44. The summed E-state index contributed by atoms with van der Waals surface area (Å²) < 4.78 is 42.3. The first-order valence-corrected chi connectivity index (χ1v) is 9.46. The molecule has 0 spiro atoms. The van der Waals surface area contributed by atoms with Crippen molar-refractivity contribution in [1.29, 1.82) is 0 Å². The van der Waals surface area contributed by atoms with Crippen LogP contribution in [0.15, 0.2) is 42.5 Å². The number of carbonyl (C=O) groups is 2. The van der Waals surface area contributed by atoms with Gasteiger partial charge in [0.2, 0.25) is 5.91 Å². The van der Waals surface area contributed by atoms with E-state index in [1.165, 1.54) is 41.3 Å². The molecule has 2 aromatic rings.